The summed E-state index contributed by atoms with van der Waals surface area (Å²) in [6.07, 6.45) is 0.130. The number of nitrogens with one attached hydrogen (secondary N) is 1. The molecule has 132 valence electrons. The Morgan fingerprint density at radius 1 is 1.31 bits per heavy atom. The van der Waals surface area contributed by atoms with Gasteiger partial charge in [-0.3, -0.25) is 9.59 Å². The Morgan fingerprint density at radius 3 is 2.85 bits per heavy atom. The standard InChI is InChI=1S/C19H16ClN3O2S/c1-10-13(20)5-3-6-14(10)23-19-17(11(2)22-23)12(9-16(24)21-19)18(25)15-7-4-8-26-15/h3-8,12H,9H2,1-2H3,(H,21,24). The number of nitrogens with zero attached hydrogens (tertiary/aromatic N) is 2. The van der Waals surface area contributed by atoms with Gasteiger partial charge in [-0.15, -0.1) is 11.3 Å². The highest BCUT2D eigenvalue weighted by molar-refractivity contribution is 7.12. The van der Waals surface area contributed by atoms with Crippen molar-refractivity contribution in [3.05, 3.63) is 62.4 Å². The second-order valence-corrected chi connectivity index (χ2v) is 7.64. The molecule has 1 aliphatic heterocycles. The summed E-state index contributed by atoms with van der Waals surface area (Å²) in [4.78, 5) is 25.9. The number of Topliss-reactive ketones (excluding diaryl/α,β-unsaturated/α-hetero) is 1. The molecule has 3 heterocycles. The van der Waals surface area contributed by atoms with Crippen molar-refractivity contribution >= 4 is 40.4 Å². The smallest absolute Gasteiger partial charge is 0.226 e. The number of thiophene rings is 1. The quantitative estimate of drug-likeness (QED) is 0.674. The number of carbonyl (C=O) groups excluding carboxylic acids is 2. The first-order valence-electron chi connectivity index (χ1n) is 8.20. The number of amides is 1. The third-order valence-corrected chi connectivity index (χ3v) is 5.94. The van der Waals surface area contributed by atoms with Gasteiger partial charge in [-0.05, 0) is 43.0 Å². The number of fused-ring (bicyclic) bond motifs is 1. The van der Waals surface area contributed by atoms with Crippen LogP contribution in [0.15, 0.2) is 35.7 Å². The van der Waals surface area contributed by atoms with Crippen molar-refractivity contribution in [2.45, 2.75) is 26.2 Å². The number of rotatable bonds is 3. The van der Waals surface area contributed by atoms with E-state index in [0.29, 0.717) is 15.7 Å². The molecular weight excluding hydrogens is 370 g/mol. The number of ketones is 1. The first-order valence-corrected chi connectivity index (χ1v) is 9.45. The predicted octanol–water partition coefficient (Wildman–Crippen LogP) is 4.51. The van der Waals surface area contributed by atoms with Gasteiger partial charge in [0.15, 0.2) is 5.78 Å². The molecule has 7 heteroatoms. The van der Waals surface area contributed by atoms with Crippen molar-refractivity contribution in [1.29, 1.82) is 0 Å². The summed E-state index contributed by atoms with van der Waals surface area (Å²) in [5.41, 5.74) is 3.16. The SMILES string of the molecule is Cc1nn(-c2cccc(Cl)c2C)c2c1C(C(=O)c1cccs1)CC(=O)N2. The molecule has 1 atom stereocenters. The molecule has 5 nitrogen and oxygen atoms in total. The van der Waals surface area contributed by atoms with E-state index in [1.165, 1.54) is 11.3 Å². The van der Waals surface area contributed by atoms with Gasteiger partial charge in [0.05, 0.1) is 22.2 Å². The maximum Gasteiger partial charge on any atom is 0.226 e. The molecule has 1 aliphatic rings. The molecule has 0 bridgehead atoms. The lowest BCUT2D eigenvalue weighted by Gasteiger charge is -2.23. The molecular formula is C19H16ClN3O2S. The first-order chi connectivity index (χ1) is 12.5. The van der Waals surface area contributed by atoms with Crippen LogP contribution in [0.1, 0.15) is 38.8 Å². The van der Waals surface area contributed by atoms with Crippen molar-refractivity contribution < 1.29 is 9.59 Å². The Bertz CT molecular complexity index is 1020. The normalized spacial score (nSPS) is 16.3. The van der Waals surface area contributed by atoms with Crippen LogP contribution >= 0.6 is 22.9 Å². The summed E-state index contributed by atoms with van der Waals surface area (Å²) < 4.78 is 1.68. The molecule has 26 heavy (non-hydrogen) atoms. The minimum absolute atomic E-state index is 0.0402. The van der Waals surface area contributed by atoms with E-state index in [2.05, 4.69) is 10.4 Å². The largest absolute Gasteiger partial charge is 0.310 e. The summed E-state index contributed by atoms with van der Waals surface area (Å²) >= 11 is 7.64. The minimum atomic E-state index is -0.523. The number of carbonyl (C=O) groups is 2. The van der Waals surface area contributed by atoms with Crippen molar-refractivity contribution in [3.63, 3.8) is 0 Å². The fourth-order valence-corrected chi connectivity index (χ4v) is 4.25. The van der Waals surface area contributed by atoms with Gasteiger partial charge in [0.1, 0.15) is 5.82 Å². The highest BCUT2D eigenvalue weighted by atomic mass is 35.5. The van der Waals surface area contributed by atoms with Gasteiger partial charge in [0.25, 0.3) is 0 Å². The number of hydrogen-bond donors (Lipinski definition) is 1. The van der Waals surface area contributed by atoms with Crippen molar-refractivity contribution in [3.8, 4) is 5.69 Å². The molecule has 1 amide bonds. The number of hydrogen-bond acceptors (Lipinski definition) is 4. The lowest BCUT2D eigenvalue weighted by Crippen LogP contribution is -2.28. The number of anilines is 1. The molecule has 1 unspecified atom stereocenters. The number of benzene rings is 1. The van der Waals surface area contributed by atoms with Gasteiger partial charge >= 0.3 is 0 Å². The van der Waals surface area contributed by atoms with Crippen LogP contribution in [0.5, 0.6) is 0 Å². The molecule has 2 aromatic heterocycles. The average Bonchev–Trinajstić information content (AvgIpc) is 3.25. The topological polar surface area (TPSA) is 64.0 Å². The molecule has 4 rings (SSSR count). The van der Waals surface area contributed by atoms with E-state index in [4.69, 9.17) is 11.6 Å². The molecule has 0 radical (unpaired) electrons. The maximum atomic E-state index is 13.0. The lowest BCUT2D eigenvalue weighted by atomic mass is 9.87. The Morgan fingerprint density at radius 2 is 2.12 bits per heavy atom. The van der Waals surface area contributed by atoms with Crippen molar-refractivity contribution in [1.82, 2.24) is 9.78 Å². The van der Waals surface area contributed by atoms with Crippen LogP contribution < -0.4 is 5.32 Å². The Kier molecular flexibility index (Phi) is 4.17. The van der Waals surface area contributed by atoms with E-state index >= 15 is 0 Å². The zero-order valence-corrected chi connectivity index (χ0v) is 15.8. The van der Waals surface area contributed by atoms with Gasteiger partial charge in [-0.1, -0.05) is 23.7 Å². The zero-order valence-electron chi connectivity index (χ0n) is 14.2. The summed E-state index contributed by atoms with van der Waals surface area (Å²) in [5.74, 6) is -0.195. The fraction of sp³-hybridized carbons (Fsp3) is 0.211. The summed E-state index contributed by atoms with van der Waals surface area (Å²) in [6.45, 7) is 3.77. The van der Waals surface area contributed by atoms with E-state index in [-0.39, 0.29) is 18.1 Å². The second-order valence-electron chi connectivity index (χ2n) is 6.29. The Labute approximate surface area is 159 Å². The van der Waals surface area contributed by atoms with Gasteiger partial charge in [-0.25, -0.2) is 4.68 Å². The van der Waals surface area contributed by atoms with Crippen molar-refractivity contribution in [2.24, 2.45) is 0 Å². The van der Waals surface area contributed by atoms with Crippen LogP contribution in [0.4, 0.5) is 5.82 Å². The van der Waals surface area contributed by atoms with E-state index in [1.807, 2.05) is 43.5 Å². The number of aromatic nitrogens is 2. The summed E-state index contributed by atoms with van der Waals surface area (Å²) in [6, 6.07) is 9.18. The van der Waals surface area contributed by atoms with Crippen LogP contribution in [0.25, 0.3) is 5.69 Å². The van der Waals surface area contributed by atoms with E-state index in [9.17, 15) is 9.59 Å². The second kappa shape index (κ2) is 6.37. The van der Waals surface area contributed by atoms with E-state index in [1.54, 1.807) is 10.7 Å². The van der Waals surface area contributed by atoms with E-state index < -0.39 is 5.92 Å². The van der Waals surface area contributed by atoms with Crippen LogP contribution in [0, 0.1) is 13.8 Å². The van der Waals surface area contributed by atoms with E-state index in [0.717, 1.165) is 22.5 Å². The monoisotopic (exact) mass is 385 g/mol. The molecule has 0 fully saturated rings. The van der Waals surface area contributed by atoms with Crippen LogP contribution in [0.3, 0.4) is 0 Å². The molecule has 0 saturated carbocycles. The fourth-order valence-electron chi connectivity index (χ4n) is 3.36. The van der Waals surface area contributed by atoms with Gasteiger partial charge in [0.2, 0.25) is 5.91 Å². The van der Waals surface area contributed by atoms with Gasteiger partial charge in [0, 0.05) is 17.0 Å². The third kappa shape index (κ3) is 2.66. The highest BCUT2D eigenvalue weighted by Gasteiger charge is 2.36. The Balaban J connectivity index is 1.88. The molecule has 1 aromatic carbocycles. The van der Waals surface area contributed by atoms with Crippen LogP contribution in [-0.4, -0.2) is 21.5 Å². The van der Waals surface area contributed by atoms with Gasteiger partial charge in [-0.2, -0.15) is 5.10 Å². The number of aryl methyl sites for hydroxylation is 1. The first kappa shape index (κ1) is 17.0. The van der Waals surface area contributed by atoms with Crippen molar-refractivity contribution in [2.75, 3.05) is 5.32 Å². The summed E-state index contributed by atoms with van der Waals surface area (Å²) in [5, 5.41) is 9.99. The van der Waals surface area contributed by atoms with Crippen LogP contribution in [-0.2, 0) is 4.79 Å². The predicted molar refractivity (Wildman–Crippen MR) is 103 cm³/mol. The summed E-state index contributed by atoms with van der Waals surface area (Å²) in [7, 11) is 0. The maximum absolute atomic E-state index is 13.0. The lowest BCUT2D eigenvalue weighted by molar-refractivity contribution is -0.116. The molecule has 0 saturated heterocycles. The Hall–Kier alpha value is -2.44. The average molecular weight is 386 g/mol. The molecule has 1 N–H and O–H groups in total. The molecule has 3 aromatic rings. The third-order valence-electron chi connectivity index (χ3n) is 4.65. The minimum Gasteiger partial charge on any atom is -0.310 e. The number of halogens is 1. The molecule has 0 aliphatic carbocycles. The van der Waals surface area contributed by atoms with Crippen LogP contribution in [0.2, 0.25) is 5.02 Å². The zero-order chi connectivity index (χ0) is 18.4. The highest BCUT2D eigenvalue weighted by Crippen LogP contribution is 2.39. The molecule has 0 spiro atoms. The van der Waals surface area contributed by atoms with Gasteiger partial charge < -0.3 is 5.32 Å².